The Hall–Kier alpha value is -2.73. The van der Waals surface area contributed by atoms with Gasteiger partial charge in [-0.15, -0.1) is 0 Å². The Kier molecular flexibility index (Phi) is 4.81. The molecular weight excluding hydrogens is 336 g/mol. The summed E-state index contributed by atoms with van der Waals surface area (Å²) in [6.07, 6.45) is 0. The molecule has 5 nitrogen and oxygen atoms in total. The number of carbonyl (C=O) groups is 2. The Bertz CT molecular complexity index is 1010. The molecule has 3 aromatic rings. The largest absolute Gasteiger partial charge is 0.465 e. The average Bonchev–Trinajstić information content (AvgIpc) is 2.97. The molecule has 0 aliphatic rings. The van der Waals surface area contributed by atoms with Crippen LogP contribution < -0.4 is 4.80 Å². The number of amides is 1. The molecule has 0 spiro atoms. The minimum Gasteiger partial charge on any atom is -0.465 e. The molecule has 128 valence electrons. The van der Waals surface area contributed by atoms with Crippen molar-refractivity contribution in [3.05, 3.63) is 64.0 Å². The lowest BCUT2D eigenvalue weighted by Crippen LogP contribution is -2.15. The van der Waals surface area contributed by atoms with E-state index in [0.29, 0.717) is 22.5 Å². The topological polar surface area (TPSA) is 60.7 Å². The minimum absolute atomic E-state index is 0.276. The zero-order chi connectivity index (χ0) is 18.0. The van der Waals surface area contributed by atoms with E-state index in [9.17, 15) is 9.59 Å². The second kappa shape index (κ2) is 7.03. The fraction of sp³-hybridized carbons (Fsp3) is 0.211. The highest BCUT2D eigenvalue weighted by Gasteiger charge is 2.11. The fourth-order valence-electron chi connectivity index (χ4n) is 2.56. The van der Waals surface area contributed by atoms with Crippen LogP contribution in [-0.4, -0.2) is 23.6 Å². The van der Waals surface area contributed by atoms with Crippen molar-refractivity contribution < 1.29 is 14.3 Å². The summed E-state index contributed by atoms with van der Waals surface area (Å²) in [5.41, 5.74) is 3.07. The standard InChI is InChI=1S/C19H18N2O3S/c1-4-21-15-10-9-14(18(23)24-3)11-16(15)25-19(21)20-17(22)13-7-5-12(2)6-8-13/h5-11H,4H2,1-3H3. The van der Waals surface area contributed by atoms with Crippen LogP contribution in [0.5, 0.6) is 0 Å². The van der Waals surface area contributed by atoms with Crippen LogP contribution in [0.15, 0.2) is 47.5 Å². The van der Waals surface area contributed by atoms with Crippen LogP contribution in [0.4, 0.5) is 0 Å². The highest BCUT2D eigenvalue weighted by Crippen LogP contribution is 2.20. The number of nitrogens with zero attached hydrogens (tertiary/aromatic N) is 2. The van der Waals surface area contributed by atoms with Crippen LogP contribution in [0.25, 0.3) is 10.2 Å². The molecule has 1 amide bonds. The van der Waals surface area contributed by atoms with Gasteiger partial charge in [0.05, 0.1) is 22.9 Å². The predicted molar refractivity (Wildman–Crippen MR) is 97.9 cm³/mol. The normalized spacial score (nSPS) is 11.7. The molecule has 0 saturated heterocycles. The number of carbonyl (C=O) groups excluding carboxylic acids is 2. The molecule has 0 bridgehead atoms. The Morgan fingerprint density at radius 2 is 1.80 bits per heavy atom. The number of esters is 1. The maximum atomic E-state index is 12.4. The van der Waals surface area contributed by atoms with Gasteiger partial charge in [-0.25, -0.2) is 4.79 Å². The first-order valence-corrected chi connectivity index (χ1v) is 8.72. The number of ether oxygens (including phenoxy) is 1. The van der Waals surface area contributed by atoms with Crippen LogP contribution in [-0.2, 0) is 11.3 Å². The molecule has 0 fully saturated rings. The fourth-order valence-corrected chi connectivity index (χ4v) is 3.69. The molecule has 0 unspecified atom stereocenters. The second-order valence-corrected chi connectivity index (χ2v) is 6.60. The number of fused-ring (bicyclic) bond motifs is 1. The van der Waals surface area contributed by atoms with Gasteiger partial charge >= 0.3 is 5.97 Å². The number of rotatable bonds is 3. The summed E-state index contributed by atoms with van der Waals surface area (Å²) in [4.78, 5) is 29.1. The van der Waals surface area contributed by atoms with Gasteiger partial charge in [0, 0.05) is 12.1 Å². The van der Waals surface area contributed by atoms with Gasteiger partial charge in [-0.05, 0) is 44.2 Å². The van der Waals surface area contributed by atoms with E-state index in [-0.39, 0.29) is 11.9 Å². The number of hydrogen-bond acceptors (Lipinski definition) is 4. The summed E-state index contributed by atoms with van der Waals surface area (Å²) in [5, 5.41) is 0. The van der Waals surface area contributed by atoms with Crippen molar-refractivity contribution in [3.8, 4) is 0 Å². The van der Waals surface area contributed by atoms with Gasteiger partial charge < -0.3 is 9.30 Å². The second-order valence-electron chi connectivity index (χ2n) is 5.59. The molecule has 6 heteroatoms. The quantitative estimate of drug-likeness (QED) is 0.676. The summed E-state index contributed by atoms with van der Waals surface area (Å²) in [7, 11) is 1.36. The summed E-state index contributed by atoms with van der Waals surface area (Å²) in [5.74, 6) is -0.658. The van der Waals surface area contributed by atoms with Crippen molar-refractivity contribution >= 4 is 33.4 Å². The zero-order valence-corrected chi connectivity index (χ0v) is 15.1. The summed E-state index contributed by atoms with van der Waals surface area (Å²) in [6.45, 7) is 4.65. The molecule has 0 atom stereocenters. The molecule has 0 aliphatic heterocycles. The summed E-state index contributed by atoms with van der Waals surface area (Å²) < 4.78 is 7.62. The Morgan fingerprint density at radius 1 is 1.12 bits per heavy atom. The molecule has 0 saturated carbocycles. The van der Waals surface area contributed by atoms with E-state index in [0.717, 1.165) is 15.8 Å². The maximum absolute atomic E-state index is 12.4. The van der Waals surface area contributed by atoms with E-state index < -0.39 is 0 Å². The number of hydrogen-bond donors (Lipinski definition) is 0. The first-order valence-electron chi connectivity index (χ1n) is 7.91. The number of thiazole rings is 1. The minimum atomic E-state index is -0.382. The van der Waals surface area contributed by atoms with E-state index >= 15 is 0 Å². The van der Waals surface area contributed by atoms with Gasteiger partial charge in [0.1, 0.15) is 0 Å². The monoisotopic (exact) mass is 354 g/mol. The molecule has 1 aromatic heterocycles. The zero-order valence-electron chi connectivity index (χ0n) is 14.3. The average molecular weight is 354 g/mol. The van der Waals surface area contributed by atoms with Crippen LogP contribution in [0.1, 0.15) is 33.2 Å². The van der Waals surface area contributed by atoms with E-state index in [1.165, 1.54) is 18.4 Å². The third-order valence-corrected chi connectivity index (χ3v) is 4.96. The van der Waals surface area contributed by atoms with E-state index in [4.69, 9.17) is 4.74 Å². The van der Waals surface area contributed by atoms with Gasteiger partial charge in [0.25, 0.3) is 5.91 Å². The first-order chi connectivity index (χ1) is 12.0. The number of aryl methyl sites for hydroxylation is 2. The van der Waals surface area contributed by atoms with Crippen LogP contribution in [0.2, 0.25) is 0 Å². The van der Waals surface area contributed by atoms with Crippen molar-refractivity contribution in [2.75, 3.05) is 7.11 Å². The van der Waals surface area contributed by atoms with E-state index in [1.54, 1.807) is 24.3 Å². The van der Waals surface area contributed by atoms with Crippen LogP contribution in [0.3, 0.4) is 0 Å². The smallest absolute Gasteiger partial charge is 0.337 e. The number of methoxy groups -OCH3 is 1. The van der Waals surface area contributed by atoms with Gasteiger partial charge in [0.2, 0.25) is 0 Å². The molecule has 25 heavy (non-hydrogen) atoms. The molecule has 0 radical (unpaired) electrons. The van der Waals surface area contributed by atoms with Crippen molar-refractivity contribution in [1.29, 1.82) is 0 Å². The molecule has 0 aliphatic carbocycles. The molecule has 3 rings (SSSR count). The van der Waals surface area contributed by atoms with Gasteiger partial charge in [0.15, 0.2) is 4.80 Å². The first kappa shape index (κ1) is 17.1. The van der Waals surface area contributed by atoms with Gasteiger partial charge in [-0.1, -0.05) is 29.0 Å². The van der Waals surface area contributed by atoms with Crippen LogP contribution in [0, 0.1) is 6.92 Å². The van der Waals surface area contributed by atoms with Crippen molar-refractivity contribution in [3.63, 3.8) is 0 Å². The Morgan fingerprint density at radius 3 is 2.44 bits per heavy atom. The van der Waals surface area contributed by atoms with Crippen molar-refractivity contribution in [1.82, 2.24) is 4.57 Å². The summed E-state index contributed by atoms with van der Waals surface area (Å²) in [6, 6.07) is 12.7. The van der Waals surface area contributed by atoms with Crippen molar-refractivity contribution in [2.24, 2.45) is 4.99 Å². The number of aromatic nitrogens is 1. The molecule has 0 N–H and O–H groups in total. The lowest BCUT2D eigenvalue weighted by molar-refractivity contribution is 0.0601. The highest BCUT2D eigenvalue weighted by atomic mass is 32.1. The van der Waals surface area contributed by atoms with E-state index in [1.807, 2.05) is 36.6 Å². The molecular formula is C19H18N2O3S. The van der Waals surface area contributed by atoms with Crippen molar-refractivity contribution in [2.45, 2.75) is 20.4 Å². The summed E-state index contributed by atoms with van der Waals surface area (Å²) >= 11 is 1.38. The predicted octanol–water partition coefficient (Wildman–Crippen LogP) is 3.56. The SMILES string of the molecule is CCn1c(=NC(=O)c2ccc(C)cc2)sc2cc(C(=O)OC)ccc21. The van der Waals surface area contributed by atoms with Gasteiger partial charge in [-0.3, -0.25) is 4.79 Å². The number of benzene rings is 2. The third kappa shape index (κ3) is 3.39. The Balaban J connectivity index is 2.10. The highest BCUT2D eigenvalue weighted by molar-refractivity contribution is 7.16. The maximum Gasteiger partial charge on any atom is 0.337 e. The van der Waals surface area contributed by atoms with Crippen LogP contribution >= 0.6 is 11.3 Å². The molecule has 2 aromatic carbocycles. The lowest BCUT2D eigenvalue weighted by Gasteiger charge is -2.02. The van der Waals surface area contributed by atoms with E-state index in [2.05, 4.69) is 4.99 Å². The third-order valence-electron chi connectivity index (χ3n) is 3.92. The molecule has 1 heterocycles. The lowest BCUT2D eigenvalue weighted by atomic mass is 10.1. The Labute approximate surface area is 149 Å². The van der Waals surface area contributed by atoms with Gasteiger partial charge in [-0.2, -0.15) is 4.99 Å².